The Balaban J connectivity index is 0.00000361. The maximum atomic E-state index is 11.3. The molecule has 1 aliphatic heterocycles. The van der Waals surface area contributed by atoms with Gasteiger partial charge >= 0.3 is 0 Å². The summed E-state index contributed by atoms with van der Waals surface area (Å²) >= 11 is 0. The summed E-state index contributed by atoms with van der Waals surface area (Å²) in [5.41, 5.74) is 4.44. The standard InChI is InChI=1S/C25H26N2O6S2.K/c28-34(29,30)17-5-15-26-22(13-11-20-7-1-3-9-24(20)26)19-23-14-12-21-8-2-4-10-25(21)27(23)16-6-18-35(31,32)33;/h1-4,7-14,19H,5-6,15-18H2,(H-,28,29,30,31,32,33);. The fraction of sp³-hybridized carbons (Fsp3) is 0.240. The number of nitrogens with zero attached hydrogens (tertiary/aromatic N) is 2. The zero-order valence-electron chi connectivity index (χ0n) is 19.9. The van der Waals surface area contributed by atoms with Gasteiger partial charge in [-0.1, -0.05) is 36.4 Å². The van der Waals surface area contributed by atoms with Crippen LogP contribution in [0.15, 0.2) is 72.4 Å². The summed E-state index contributed by atoms with van der Waals surface area (Å²) in [4.78, 5) is 2.00. The number of para-hydroxylation sites is 2. The molecular weight excluding hydrogens is 528 g/mol. The van der Waals surface area contributed by atoms with Gasteiger partial charge in [0.05, 0.1) is 15.9 Å². The van der Waals surface area contributed by atoms with Crippen molar-refractivity contribution in [1.82, 2.24) is 0 Å². The van der Waals surface area contributed by atoms with Gasteiger partial charge in [-0.15, -0.1) is 0 Å². The number of hydrogen-bond acceptors (Lipinski definition) is 6. The van der Waals surface area contributed by atoms with E-state index in [9.17, 15) is 25.9 Å². The van der Waals surface area contributed by atoms with Gasteiger partial charge in [0.15, 0.2) is 6.54 Å². The van der Waals surface area contributed by atoms with Crippen LogP contribution in [-0.4, -0.2) is 95.4 Å². The maximum absolute atomic E-state index is 11.3. The van der Waals surface area contributed by atoms with Gasteiger partial charge in [-0.3, -0.25) is 4.55 Å². The number of anilines is 1. The van der Waals surface area contributed by atoms with Crippen molar-refractivity contribution < 1.29 is 30.5 Å². The molecule has 0 bridgehead atoms. The van der Waals surface area contributed by atoms with Crippen LogP contribution in [0.25, 0.3) is 23.1 Å². The van der Waals surface area contributed by atoms with E-state index in [1.165, 1.54) is 0 Å². The van der Waals surface area contributed by atoms with Gasteiger partial charge in [0.2, 0.25) is 11.2 Å². The first-order valence-electron chi connectivity index (χ1n) is 11.2. The van der Waals surface area contributed by atoms with Crippen LogP contribution in [0.3, 0.4) is 0 Å². The van der Waals surface area contributed by atoms with Crippen molar-refractivity contribution in [3.63, 3.8) is 0 Å². The maximum Gasteiger partial charge on any atom is 0.264 e. The third-order valence-electron chi connectivity index (χ3n) is 5.80. The minimum atomic E-state index is -4.32. The van der Waals surface area contributed by atoms with E-state index in [1.807, 2.05) is 88.4 Å². The zero-order chi connectivity index (χ0) is 25.1. The van der Waals surface area contributed by atoms with E-state index in [4.69, 9.17) is 0 Å². The first kappa shape index (κ1) is 29.1. The number of fused-ring (bicyclic) bond motifs is 2. The van der Waals surface area contributed by atoms with Crippen molar-refractivity contribution in [2.24, 2.45) is 0 Å². The van der Waals surface area contributed by atoms with Crippen LogP contribution in [0.4, 0.5) is 5.69 Å². The second-order valence-electron chi connectivity index (χ2n) is 8.34. The molecule has 0 aliphatic carbocycles. The monoisotopic (exact) mass is 553 g/mol. The van der Waals surface area contributed by atoms with Gasteiger partial charge in [0.25, 0.3) is 10.1 Å². The SMILES string of the molecule is O=S(=O)([O-])CCC[n+]1c(C=C2C=Cc3ccccc3N2CCCS(=O)(=O)O)ccc2ccccc21.[K]. The van der Waals surface area contributed by atoms with Crippen molar-refractivity contribution in [1.29, 1.82) is 0 Å². The van der Waals surface area contributed by atoms with Gasteiger partial charge < -0.3 is 9.45 Å². The number of benzene rings is 2. The van der Waals surface area contributed by atoms with Gasteiger partial charge in [0, 0.05) is 105 Å². The molecule has 4 rings (SSSR count). The van der Waals surface area contributed by atoms with Crippen LogP contribution in [0.5, 0.6) is 0 Å². The molecule has 0 amide bonds. The fourth-order valence-electron chi connectivity index (χ4n) is 4.26. The van der Waals surface area contributed by atoms with E-state index in [2.05, 4.69) is 0 Å². The Hall–Kier alpha value is -1.41. The summed E-state index contributed by atoms with van der Waals surface area (Å²) in [6, 6.07) is 19.4. The first-order chi connectivity index (χ1) is 16.6. The van der Waals surface area contributed by atoms with Crippen LogP contribution < -0.4 is 9.47 Å². The predicted octanol–water partition coefficient (Wildman–Crippen LogP) is 2.83. The van der Waals surface area contributed by atoms with E-state index in [0.717, 1.165) is 33.5 Å². The summed E-state index contributed by atoms with van der Waals surface area (Å²) in [6.45, 7) is 0.708. The molecule has 1 aromatic heterocycles. The molecule has 1 radical (unpaired) electrons. The molecule has 1 aliphatic rings. The second kappa shape index (κ2) is 12.4. The number of hydrogen-bond donors (Lipinski definition) is 1. The molecule has 0 saturated heterocycles. The number of pyridine rings is 1. The topological polar surface area (TPSA) is 119 Å². The summed E-state index contributed by atoms with van der Waals surface area (Å²) in [5.74, 6) is -0.795. The fourth-order valence-corrected chi connectivity index (χ4v) is 5.24. The zero-order valence-corrected chi connectivity index (χ0v) is 24.7. The van der Waals surface area contributed by atoms with Gasteiger partial charge in [-0.05, 0) is 36.3 Å². The smallest absolute Gasteiger partial charge is 0.264 e. The molecule has 1 N–H and O–H groups in total. The molecule has 0 saturated carbocycles. The summed E-state index contributed by atoms with van der Waals surface area (Å²) in [7, 11) is -8.39. The Morgan fingerprint density at radius 1 is 0.889 bits per heavy atom. The minimum absolute atomic E-state index is 0. The quantitative estimate of drug-likeness (QED) is 0.246. The minimum Gasteiger partial charge on any atom is -0.748 e. The van der Waals surface area contributed by atoms with Gasteiger partial charge in [0.1, 0.15) is 0 Å². The largest absolute Gasteiger partial charge is 0.748 e. The van der Waals surface area contributed by atoms with Crippen LogP contribution in [0, 0.1) is 0 Å². The van der Waals surface area contributed by atoms with E-state index in [-0.39, 0.29) is 70.0 Å². The normalized spacial score (nSPS) is 14.6. The van der Waals surface area contributed by atoms with Crippen molar-refractivity contribution in [3.05, 3.63) is 83.7 Å². The predicted molar refractivity (Wildman–Crippen MR) is 141 cm³/mol. The number of aromatic nitrogens is 1. The van der Waals surface area contributed by atoms with Gasteiger partial charge in [-0.2, -0.15) is 13.0 Å². The van der Waals surface area contributed by atoms with Crippen molar-refractivity contribution in [2.45, 2.75) is 19.4 Å². The van der Waals surface area contributed by atoms with Crippen molar-refractivity contribution in [3.8, 4) is 0 Å². The molecule has 0 fully saturated rings. The summed E-state index contributed by atoms with van der Waals surface area (Å²) in [6.07, 6.45) is 6.29. The Labute approximate surface area is 254 Å². The van der Waals surface area contributed by atoms with E-state index >= 15 is 0 Å². The molecule has 36 heavy (non-hydrogen) atoms. The van der Waals surface area contributed by atoms with E-state index < -0.39 is 26.0 Å². The Kier molecular flexibility index (Phi) is 10.1. The average molecular weight is 554 g/mol. The molecule has 2 heterocycles. The average Bonchev–Trinajstić information content (AvgIpc) is 2.80. The molecule has 0 atom stereocenters. The van der Waals surface area contributed by atoms with Crippen LogP contribution in [0.1, 0.15) is 24.1 Å². The molecule has 185 valence electrons. The van der Waals surface area contributed by atoms with Crippen LogP contribution in [-0.2, 0) is 26.8 Å². The number of rotatable bonds is 9. The Morgan fingerprint density at radius 3 is 2.36 bits per heavy atom. The third kappa shape index (κ3) is 7.79. The molecular formula is C25H26KN2O6S2. The molecule has 2 aromatic carbocycles. The van der Waals surface area contributed by atoms with Crippen molar-refractivity contribution >= 4 is 100 Å². The van der Waals surface area contributed by atoms with Crippen LogP contribution >= 0.6 is 0 Å². The van der Waals surface area contributed by atoms with E-state index in [0.29, 0.717) is 13.1 Å². The van der Waals surface area contributed by atoms with E-state index in [1.54, 1.807) is 0 Å². The number of aryl methyl sites for hydroxylation is 1. The first-order valence-corrected chi connectivity index (χ1v) is 14.4. The number of allylic oxidation sites excluding steroid dienone is 1. The Morgan fingerprint density at radius 2 is 1.61 bits per heavy atom. The molecule has 11 heteroatoms. The summed E-state index contributed by atoms with van der Waals surface area (Å²) in [5, 5.41) is 0.981. The second-order valence-corrected chi connectivity index (χ2v) is 11.4. The molecule has 0 spiro atoms. The van der Waals surface area contributed by atoms with Gasteiger partial charge in [-0.25, -0.2) is 8.42 Å². The molecule has 3 aromatic rings. The summed E-state index contributed by atoms with van der Waals surface area (Å²) < 4.78 is 67.2. The Bertz CT molecular complexity index is 1520. The van der Waals surface area contributed by atoms with Crippen LogP contribution in [0.2, 0.25) is 0 Å². The molecule has 8 nitrogen and oxygen atoms in total. The molecule has 0 unspecified atom stereocenters. The third-order valence-corrected chi connectivity index (χ3v) is 7.39. The van der Waals surface area contributed by atoms with Crippen molar-refractivity contribution in [2.75, 3.05) is 23.0 Å².